The van der Waals surface area contributed by atoms with Crippen molar-refractivity contribution >= 4 is 28.7 Å². The Morgan fingerprint density at radius 1 is 1.45 bits per heavy atom. The normalized spacial score (nSPS) is 11.8. The molecule has 2 heterocycles. The van der Waals surface area contributed by atoms with Crippen LogP contribution in [0.15, 0.2) is 18.3 Å². The second-order valence-electron chi connectivity index (χ2n) is 5.71. The second kappa shape index (κ2) is 5.79. The van der Waals surface area contributed by atoms with Crippen molar-refractivity contribution in [2.45, 2.75) is 45.2 Å². The number of nitrogens with zero attached hydrogens (tertiary/aromatic N) is 3. The van der Waals surface area contributed by atoms with E-state index in [1.165, 1.54) is 0 Å². The fourth-order valence-electron chi connectivity index (χ4n) is 2.04. The van der Waals surface area contributed by atoms with Crippen LogP contribution in [0.25, 0.3) is 11.2 Å². The summed E-state index contributed by atoms with van der Waals surface area (Å²) in [4.78, 5) is 20.6. The summed E-state index contributed by atoms with van der Waals surface area (Å²) in [6.45, 7) is 6.41. The van der Waals surface area contributed by atoms with Crippen LogP contribution < -0.4 is 5.32 Å². The molecule has 0 spiro atoms. The maximum absolute atomic E-state index is 11.9. The first kappa shape index (κ1) is 14.8. The minimum absolute atomic E-state index is 0.0100. The number of alkyl halides is 1. The van der Waals surface area contributed by atoms with Gasteiger partial charge in [0.25, 0.3) is 0 Å². The number of hydrogen-bond acceptors (Lipinski definition) is 3. The highest BCUT2D eigenvalue weighted by Crippen LogP contribution is 2.15. The molecule has 0 aliphatic heterocycles. The molecule has 20 heavy (non-hydrogen) atoms. The van der Waals surface area contributed by atoms with Crippen molar-refractivity contribution in [1.29, 1.82) is 0 Å². The first-order valence-electron chi connectivity index (χ1n) is 6.58. The highest BCUT2D eigenvalue weighted by atomic mass is 35.5. The molecule has 108 valence electrons. The molecule has 2 aromatic rings. The smallest absolute Gasteiger partial charge is 0.222 e. The summed E-state index contributed by atoms with van der Waals surface area (Å²) in [7, 11) is 0. The van der Waals surface area contributed by atoms with Gasteiger partial charge in [-0.25, -0.2) is 9.97 Å². The van der Waals surface area contributed by atoms with Crippen LogP contribution in [-0.4, -0.2) is 26.0 Å². The summed E-state index contributed by atoms with van der Waals surface area (Å²) >= 11 is 5.91. The summed E-state index contributed by atoms with van der Waals surface area (Å²) in [5.74, 6) is 1.05. The van der Waals surface area contributed by atoms with Crippen molar-refractivity contribution in [2.75, 3.05) is 0 Å². The van der Waals surface area contributed by atoms with E-state index in [2.05, 4.69) is 15.3 Å². The Hall–Kier alpha value is -1.62. The standard InChI is InChI=1S/C14H19ClN4O/c1-14(2,3)18-12(20)6-8-19-11(9-15)17-10-5-4-7-16-13(10)19/h4-5,7H,6,8-9H2,1-3H3,(H,18,20). The topological polar surface area (TPSA) is 59.8 Å². The van der Waals surface area contributed by atoms with Crippen LogP contribution in [0.4, 0.5) is 0 Å². The van der Waals surface area contributed by atoms with Crippen LogP contribution in [0.1, 0.15) is 33.0 Å². The van der Waals surface area contributed by atoms with Crippen LogP contribution in [-0.2, 0) is 17.2 Å². The van der Waals surface area contributed by atoms with Crippen LogP contribution in [0.5, 0.6) is 0 Å². The number of carbonyl (C=O) groups excluding carboxylic acids is 1. The average molecular weight is 295 g/mol. The van der Waals surface area contributed by atoms with E-state index < -0.39 is 0 Å². The van der Waals surface area contributed by atoms with E-state index in [0.29, 0.717) is 18.8 Å². The Morgan fingerprint density at radius 3 is 2.85 bits per heavy atom. The van der Waals surface area contributed by atoms with Gasteiger partial charge in [-0.2, -0.15) is 0 Å². The number of rotatable bonds is 4. The Kier molecular flexibility index (Phi) is 4.28. The maximum atomic E-state index is 11.9. The number of aromatic nitrogens is 3. The third-order valence-electron chi connectivity index (χ3n) is 2.78. The Balaban J connectivity index is 2.15. The van der Waals surface area contributed by atoms with Crippen LogP contribution in [0.2, 0.25) is 0 Å². The predicted octanol–water partition coefficient (Wildman–Crippen LogP) is 2.47. The molecule has 2 rings (SSSR count). The number of pyridine rings is 1. The molecule has 1 amide bonds. The zero-order valence-corrected chi connectivity index (χ0v) is 12.7. The lowest BCUT2D eigenvalue weighted by molar-refractivity contribution is -0.122. The minimum Gasteiger partial charge on any atom is -0.351 e. The predicted molar refractivity (Wildman–Crippen MR) is 79.6 cm³/mol. The molecule has 1 N–H and O–H groups in total. The molecule has 0 atom stereocenters. The number of fused-ring (bicyclic) bond motifs is 1. The SMILES string of the molecule is CC(C)(C)NC(=O)CCn1c(CCl)nc2cccnc21. The van der Waals surface area contributed by atoms with Gasteiger partial charge in [0.05, 0.1) is 5.88 Å². The fourth-order valence-corrected chi connectivity index (χ4v) is 2.24. The molecular formula is C14H19ClN4O. The van der Waals surface area contributed by atoms with Gasteiger partial charge >= 0.3 is 0 Å². The summed E-state index contributed by atoms with van der Waals surface area (Å²) in [6, 6.07) is 3.73. The minimum atomic E-state index is -0.221. The molecule has 6 heteroatoms. The highest BCUT2D eigenvalue weighted by Gasteiger charge is 2.15. The average Bonchev–Trinajstić information content (AvgIpc) is 2.72. The van der Waals surface area contributed by atoms with Gasteiger partial charge in [0.15, 0.2) is 5.65 Å². The van der Waals surface area contributed by atoms with Gasteiger partial charge in [0, 0.05) is 24.7 Å². The van der Waals surface area contributed by atoms with Crippen LogP contribution in [0.3, 0.4) is 0 Å². The lowest BCUT2D eigenvalue weighted by Crippen LogP contribution is -2.40. The van der Waals surface area contributed by atoms with Gasteiger partial charge in [0.1, 0.15) is 11.3 Å². The molecule has 0 aromatic carbocycles. The van der Waals surface area contributed by atoms with E-state index in [4.69, 9.17) is 11.6 Å². The van der Waals surface area contributed by atoms with E-state index in [-0.39, 0.29) is 11.4 Å². The van der Waals surface area contributed by atoms with Gasteiger partial charge < -0.3 is 9.88 Å². The molecule has 0 unspecified atom stereocenters. The molecule has 0 saturated carbocycles. The molecule has 2 aromatic heterocycles. The van der Waals surface area contributed by atoms with E-state index in [1.54, 1.807) is 6.20 Å². The van der Waals surface area contributed by atoms with E-state index in [0.717, 1.165) is 17.0 Å². The van der Waals surface area contributed by atoms with Crippen molar-refractivity contribution in [2.24, 2.45) is 0 Å². The lowest BCUT2D eigenvalue weighted by atomic mass is 10.1. The van der Waals surface area contributed by atoms with Gasteiger partial charge in [-0.05, 0) is 32.9 Å². The van der Waals surface area contributed by atoms with Gasteiger partial charge in [-0.15, -0.1) is 11.6 Å². The fraction of sp³-hybridized carbons (Fsp3) is 0.500. The molecule has 0 bridgehead atoms. The first-order valence-corrected chi connectivity index (χ1v) is 7.11. The molecule has 5 nitrogen and oxygen atoms in total. The third-order valence-corrected chi connectivity index (χ3v) is 3.02. The molecule has 0 aliphatic carbocycles. The lowest BCUT2D eigenvalue weighted by Gasteiger charge is -2.20. The maximum Gasteiger partial charge on any atom is 0.222 e. The summed E-state index contributed by atoms with van der Waals surface area (Å²) in [6.07, 6.45) is 2.09. The summed E-state index contributed by atoms with van der Waals surface area (Å²) < 4.78 is 1.91. The molecule has 0 aliphatic rings. The largest absolute Gasteiger partial charge is 0.351 e. The quantitative estimate of drug-likeness (QED) is 0.881. The number of imidazole rings is 1. The Morgan fingerprint density at radius 2 is 2.20 bits per heavy atom. The zero-order chi connectivity index (χ0) is 14.8. The van der Waals surface area contributed by atoms with E-state index in [9.17, 15) is 4.79 Å². The van der Waals surface area contributed by atoms with Crippen LogP contribution >= 0.6 is 11.6 Å². The number of aryl methyl sites for hydroxylation is 1. The van der Waals surface area contributed by atoms with Gasteiger partial charge in [-0.1, -0.05) is 0 Å². The summed E-state index contributed by atoms with van der Waals surface area (Å²) in [5.41, 5.74) is 1.35. The van der Waals surface area contributed by atoms with Gasteiger partial charge in [-0.3, -0.25) is 4.79 Å². The summed E-state index contributed by atoms with van der Waals surface area (Å²) in [5, 5.41) is 2.94. The molecule has 0 fully saturated rings. The Labute approximate surface area is 123 Å². The van der Waals surface area contributed by atoms with Crippen molar-refractivity contribution in [1.82, 2.24) is 19.9 Å². The highest BCUT2D eigenvalue weighted by molar-refractivity contribution is 6.16. The van der Waals surface area contributed by atoms with Crippen LogP contribution in [0, 0.1) is 0 Å². The number of hydrogen-bond donors (Lipinski definition) is 1. The van der Waals surface area contributed by atoms with Crippen molar-refractivity contribution < 1.29 is 4.79 Å². The molecule has 0 saturated heterocycles. The van der Waals surface area contributed by atoms with Gasteiger partial charge in [0.2, 0.25) is 5.91 Å². The van der Waals surface area contributed by atoms with E-state index in [1.807, 2.05) is 37.5 Å². The van der Waals surface area contributed by atoms with Crippen molar-refractivity contribution in [3.63, 3.8) is 0 Å². The second-order valence-corrected chi connectivity index (χ2v) is 5.97. The number of nitrogens with one attached hydrogen (secondary N) is 1. The third kappa shape index (κ3) is 3.48. The Bertz CT molecular complexity index is 615. The number of carbonyl (C=O) groups is 1. The first-order chi connectivity index (χ1) is 9.40. The monoisotopic (exact) mass is 294 g/mol. The van der Waals surface area contributed by atoms with Crippen molar-refractivity contribution in [3.8, 4) is 0 Å². The van der Waals surface area contributed by atoms with E-state index >= 15 is 0 Å². The van der Waals surface area contributed by atoms with Crippen molar-refractivity contribution in [3.05, 3.63) is 24.2 Å². The zero-order valence-electron chi connectivity index (χ0n) is 12.0. The molecule has 0 radical (unpaired) electrons. The number of halogens is 1. The molecular weight excluding hydrogens is 276 g/mol. The number of amides is 1.